The number of halogens is 1. The molecule has 8 nitrogen and oxygen atoms in total. The smallest absolute Gasteiger partial charge is 0.229 e. The molecule has 0 radical (unpaired) electrons. The van der Waals surface area contributed by atoms with E-state index in [2.05, 4.69) is 30.8 Å². The van der Waals surface area contributed by atoms with Crippen molar-refractivity contribution in [3.05, 3.63) is 65.5 Å². The predicted octanol–water partition coefficient (Wildman–Crippen LogP) is 3.74. The fourth-order valence-electron chi connectivity index (χ4n) is 3.12. The molecule has 0 fully saturated rings. The van der Waals surface area contributed by atoms with Gasteiger partial charge < -0.3 is 10.6 Å². The molecule has 2 aromatic carbocycles. The number of hydrogen-bond acceptors (Lipinski definition) is 7. The molecular weight excluding hydrogens is 395 g/mol. The van der Waals surface area contributed by atoms with Crippen molar-refractivity contribution in [2.45, 2.75) is 4.90 Å². The number of anilines is 4. The number of nitrogens with one attached hydrogen (secondary N) is 3. The third-order valence-electron chi connectivity index (χ3n) is 4.46. The lowest BCUT2D eigenvalue weighted by Crippen LogP contribution is -2.02. The summed E-state index contributed by atoms with van der Waals surface area (Å²) in [6.45, 7) is 0. The van der Waals surface area contributed by atoms with Gasteiger partial charge >= 0.3 is 0 Å². The molecule has 0 unspecified atom stereocenters. The van der Waals surface area contributed by atoms with Crippen LogP contribution in [0.15, 0.2) is 59.0 Å². The molecule has 0 saturated carbocycles. The number of benzene rings is 2. The van der Waals surface area contributed by atoms with Crippen LogP contribution in [0.3, 0.4) is 0 Å². The first-order valence-electron chi connectivity index (χ1n) is 8.56. The Bertz CT molecular complexity index is 1400. The maximum atomic E-state index is 13.5. The van der Waals surface area contributed by atoms with Crippen molar-refractivity contribution in [3.8, 4) is 0 Å². The minimum absolute atomic E-state index is 0.238. The Morgan fingerprint density at radius 1 is 1.07 bits per heavy atom. The molecule has 0 atom stereocenters. The molecule has 3 N–H and O–H groups in total. The number of rotatable bonds is 4. The van der Waals surface area contributed by atoms with Crippen LogP contribution >= 0.6 is 0 Å². The molecule has 29 heavy (non-hydrogen) atoms. The van der Waals surface area contributed by atoms with Crippen LogP contribution in [-0.2, 0) is 9.84 Å². The zero-order valence-electron chi connectivity index (χ0n) is 14.7. The molecule has 0 amide bonds. The van der Waals surface area contributed by atoms with Gasteiger partial charge in [0.25, 0.3) is 0 Å². The summed E-state index contributed by atoms with van der Waals surface area (Å²) in [4.78, 5) is 8.80. The number of fused-ring (bicyclic) bond motifs is 2. The Labute approximate surface area is 164 Å². The van der Waals surface area contributed by atoms with Crippen molar-refractivity contribution >= 4 is 50.1 Å². The summed E-state index contributed by atoms with van der Waals surface area (Å²) in [6.07, 6.45) is 3.09. The van der Waals surface area contributed by atoms with Crippen LogP contribution in [0.25, 0.3) is 17.0 Å². The molecule has 2 aromatic heterocycles. The summed E-state index contributed by atoms with van der Waals surface area (Å²) in [5.41, 5.74) is 1.82. The lowest BCUT2D eigenvalue weighted by atomic mass is 10.2. The molecule has 0 spiro atoms. The minimum Gasteiger partial charge on any atom is -0.324 e. The molecule has 1 aliphatic rings. The van der Waals surface area contributed by atoms with E-state index in [-0.39, 0.29) is 16.7 Å². The quantitative estimate of drug-likeness (QED) is 0.471. The summed E-state index contributed by atoms with van der Waals surface area (Å²) in [6, 6.07) is 10.9. The van der Waals surface area contributed by atoms with Gasteiger partial charge in [-0.25, -0.2) is 17.8 Å². The number of aromatic amines is 1. The number of aromatic nitrogens is 4. The monoisotopic (exact) mass is 408 g/mol. The second-order valence-corrected chi connectivity index (χ2v) is 8.14. The van der Waals surface area contributed by atoms with Crippen molar-refractivity contribution in [1.82, 2.24) is 20.2 Å². The summed E-state index contributed by atoms with van der Waals surface area (Å²) in [5.74, 6) is 0.773. The van der Waals surface area contributed by atoms with Gasteiger partial charge in [0.2, 0.25) is 15.8 Å². The second-order valence-electron chi connectivity index (χ2n) is 6.34. The van der Waals surface area contributed by atoms with Gasteiger partial charge in [-0.3, -0.25) is 5.10 Å². The van der Waals surface area contributed by atoms with E-state index >= 15 is 0 Å². The van der Waals surface area contributed by atoms with Crippen LogP contribution in [0.5, 0.6) is 0 Å². The van der Waals surface area contributed by atoms with Crippen LogP contribution in [0.1, 0.15) is 5.56 Å². The number of sulfone groups is 1. The fourth-order valence-corrected chi connectivity index (χ4v) is 4.33. The third-order valence-corrected chi connectivity index (χ3v) is 5.92. The van der Waals surface area contributed by atoms with Gasteiger partial charge in [-0.1, -0.05) is 6.07 Å². The van der Waals surface area contributed by atoms with E-state index < -0.39 is 9.84 Å². The van der Waals surface area contributed by atoms with Gasteiger partial charge in [-0.2, -0.15) is 10.1 Å². The third kappa shape index (κ3) is 3.09. The van der Waals surface area contributed by atoms with Gasteiger partial charge in [-0.15, -0.1) is 0 Å². The van der Waals surface area contributed by atoms with Crippen LogP contribution in [0.2, 0.25) is 0 Å². The standard InChI is InChI=1S/C19H13FN6O2S/c20-11-4-5-15-13(10-11)18(26-25-15)23-17-6-8-21-19(24-17)22-14-2-1-3-16-12(14)7-9-29(16,27)28/h1-10H,(H3,21,22,23,24,25,26). The van der Waals surface area contributed by atoms with Gasteiger partial charge in [0.15, 0.2) is 5.82 Å². The molecule has 3 heterocycles. The van der Waals surface area contributed by atoms with E-state index in [1.54, 1.807) is 42.6 Å². The highest BCUT2D eigenvalue weighted by Crippen LogP contribution is 2.33. The van der Waals surface area contributed by atoms with Gasteiger partial charge in [0.1, 0.15) is 11.6 Å². The van der Waals surface area contributed by atoms with E-state index in [1.807, 2.05) is 0 Å². The number of nitrogens with zero attached hydrogens (tertiary/aromatic N) is 3. The molecule has 0 bridgehead atoms. The minimum atomic E-state index is -3.40. The van der Waals surface area contributed by atoms with E-state index in [0.29, 0.717) is 33.8 Å². The molecule has 5 rings (SSSR count). The van der Waals surface area contributed by atoms with Crippen molar-refractivity contribution in [2.75, 3.05) is 10.6 Å². The van der Waals surface area contributed by atoms with Crippen LogP contribution in [0, 0.1) is 5.82 Å². The Morgan fingerprint density at radius 3 is 2.86 bits per heavy atom. The summed E-state index contributed by atoms with van der Waals surface area (Å²) < 4.78 is 37.6. The first-order valence-corrected chi connectivity index (χ1v) is 10.1. The highest BCUT2D eigenvalue weighted by Gasteiger charge is 2.22. The van der Waals surface area contributed by atoms with Gasteiger partial charge in [-0.05, 0) is 42.5 Å². The molecule has 10 heteroatoms. The summed E-state index contributed by atoms with van der Waals surface area (Å²) in [7, 11) is -3.40. The highest BCUT2D eigenvalue weighted by molar-refractivity contribution is 7.94. The van der Waals surface area contributed by atoms with Crippen LogP contribution < -0.4 is 10.6 Å². The van der Waals surface area contributed by atoms with Gasteiger partial charge in [0, 0.05) is 28.2 Å². The number of H-pyrrole nitrogens is 1. The lowest BCUT2D eigenvalue weighted by Gasteiger charge is -2.10. The SMILES string of the molecule is O=S1(=O)C=Cc2c(Nc3nccc(Nc4n[nH]c5ccc(F)cc45)n3)cccc21. The highest BCUT2D eigenvalue weighted by atomic mass is 32.2. The van der Waals surface area contributed by atoms with Crippen LogP contribution in [-0.4, -0.2) is 28.6 Å². The topological polar surface area (TPSA) is 113 Å². The average Bonchev–Trinajstić information content (AvgIpc) is 3.23. The molecule has 0 aliphatic carbocycles. The van der Waals surface area contributed by atoms with Crippen molar-refractivity contribution in [3.63, 3.8) is 0 Å². The Hall–Kier alpha value is -3.79. The molecule has 1 aliphatic heterocycles. The van der Waals surface area contributed by atoms with E-state index in [4.69, 9.17) is 0 Å². The van der Waals surface area contributed by atoms with Gasteiger partial charge in [0.05, 0.1) is 10.4 Å². The average molecular weight is 408 g/mol. The lowest BCUT2D eigenvalue weighted by molar-refractivity contribution is 0.605. The first-order chi connectivity index (χ1) is 14.0. The fraction of sp³-hybridized carbons (Fsp3) is 0. The van der Waals surface area contributed by atoms with E-state index in [0.717, 1.165) is 0 Å². The first kappa shape index (κ1) is 17.3. The Kier molecular flexibility index (Phi) is 3.81. The summed E-state index contributed by atoms with van der Waals surface area (Å²) >= 11 is 0. The Balaban J connectivity index is 1.45. The maximum Gasteiger partial charge on any atom is 0.229 e. The molecule has 144 valence electrons. The normalized spacial score (nSPS) is 14.1. The van der Waals surface area contributed by atoms with Crippen LogP contribution in [0.4, 0.5) is 27.7 Å². The molecule has 0 saturated heterocycles. The zero-order valence-corrected chi connectivity index (χ0v) is 15.5. The maximum absolute atomic E-state index is 13.5. The predicted molar refractivity (Wildman–Crippen MR) is 107 cm³/mol. The van der Waals surface area contributed by atoms with Crippen molar-refractivity contribution in [2.24, 2.45) is 0 Å². The molecule has 4 aromatic rings. The molecular formula is C19H13FN6O2S. The largest absolute Gasteiger partial charge is 0.324 e. The van der Waals surface area contributed by atoms with Crippen molar-refractivity contribution in [1.29, 1.82) is 0 Å². The Morgan fingerprint density at radius 2 is 1.97 bits per heavy atom. The second kappa shape index (κ2) is 6.38. The van der Waals surface area contributed by atoms with Crippen molar-refractivity contribution < 1.29 is 12.8 Å². The van der Waals surface area contributed by atoms with E-state index in [1.165, 1.54) is 17.5 Å². The summed E-state index contributed by atoms with van der Waals surface area (Å²) in [5, 5.41) is 14.8. The number of hydrogen-bond donors (Lipinski definition) is 3. The zero-order chi connectivity index (χ0) is 20.0. The van der Waals surface area contributed by atoms with E-state index in [9.17, 15) is 12.8 Å².